The van der Waals surface area contributed by atoms with E-state index in [1.165, 1.54) is 23.9 Å². The number of rotatable bonds is 5. The molecule has 0 bridgehead atoms. The van der Waals surface area contributed by atoms with E-state index in [9.17, 15) is 18.5 Å². The van der Waals surface area contributed by atoms with Gasteiger partial charge in [0.05, 0.1) is 16.2 Å². The number of primary sulfonamides is 1. The number of non-ortho nitro benzene ring substituents is 1. The fourth-order valence-corrected chi connectivity index (χ4v) is 3.86. The number of aryl methyl sites for hydroxylation is 1. The van der Waals surface area contributed by atoms with Gasteiger partial charge in [0.1, 0.15) is 0 Å². The predicted octanol–water partition coefficient (Wildman–Crippen LogP) is 1.83. The van der Waals surface area contributed by atoms with Crippen LogP contribution in [0.5, 0.6) is 0 Å². The van der Waals surface area contributed by atoms with Crippen molar-refractivity contribution in [2.45, 2.75) is 11.8 Å². The van der Waals surface area contributed by atoms with Gasteiger partial charge in [-0.15, -0.1) is 11.8 Å². The number of thioether (sulfide) groups is 1. The minimum Gasteiger partial charge on any atom is -0.258 e. The summed E-state index contributed by atoms with van der Waals surface area (Å²) in [5.41, 5.74) is 1.37. The molecule has 0 spiro atoms. The van der Waals surface area contributed by atoms with Crippen LogP contribution >= 0.6 is 11.8 Å². The Morgan fingerprint density at radius 2 is 2.10 bits per heavy atom. The van der Waals surface area contributed by atoms with Crippen LogP contribution in [-0.2, 0) is 10.0 Å². The van der Waals surface area contributed by atoms with E-state index in [-0.39, 0.29) is 17.2 Å². The van der Waals surface area contributed by atoms with E-state index in [0.717, 1.165) is 10.6 Å². The van der Waals surface area contributed by atoms with Crippen LogP contribution in [-0.4, -0.2) is 29.8 Å². The van der Waals surface area contributed by atoms with E-state index in [2.05, 4.69) is 4.98 Å². The minimum atomic E-state index is -3.52. The summed E-state index contributed by atoms with van der Waals surface area (Å²) in [6, 6.07) is 6.21. The van der Waals surface area contributed by atoms with Gasteiger partial charge in [0.15, 0.2) is 0 Å². The fourth-order valence-electron chi connectivity index (χ4n) is 1.81. The topological polar surface area (TPSA) is 116 Å². The third-order valence-electron chi connectivity index (χ3n) is 2.72. The van der Waals surface area contributed by atoms with Crippen LogP contribution in [0, 0.1) is 17.0 Å². The first-order valence-corrected chi connectivity index (χ1v) is 8.65. The summed E-state index contributed by atoms with van der Waals surface area (Å²) in [5, 5.41) is 16.4. The number of sulfonamides is 1. The van der Waals surface area contributed by atoms with Gasteiger partial charge in [-0.05, 0) is 19.1 Å². The Labute approximate surface area is 125 Å². The van der Waals surface area contributed by atoms with Crippen molar-refractivity contribution >= 4 is 38.4 Å². The van der Waals surface area contributed by atoms with Gasteiger partial charge in [-0.25, -0.2) is 13.6 Å². The third-order valence-corrected chi connectivity index (χ3v) is 4.81. The number of pyridine rings is 1. The van der Waals surface area contributed by atoms with Crippen molar-refractivity contribution in [3.05, 3.63) is 40.1 Å². The molecule has 0 saturated carbocycles. The third kappa shape index (κ3) is 4.13. The normalized spacial score (nSPS) is 11.7. The number of benzene rings is 1. The average molecular weight is 327 g/mol. The quantitative estimate of drug-likeness (QED) is 0.509. The van der Waals surface area contributed by atoms with Crippen molar-refractivity contribution in [1.29, 1.82) is 0 Å². The maximum absolute atomic E-state index is 11.0. The molecule has 1 aromatic carbocycles. The summed E-state index contributed by atoms with van der Waals surface area (Å²) in [4.78, 5) is 15.4. The molecule has 2 N–H and O–H groups in total. The highest BCUT2D eigenvalue weighted by molar-refractivity contribution is 8.00. The largest absolute Gasteiger partial charge is 0.270 e. The maximum Gasteiger partial charge on any atom is 0.270 e. The van der Waals surface area contributed by atoms with Gasteiger partial charge >= 0.3 is 0 Å². The van der Waals surface area contributed by atoms with E-state index in [1.54, 1.807) is 12.1 Å². The molecule has 0 unspecified atom stereocenters. The van der Waals surface area contributed by atoms with E-state index in [1.807, 2.05) is 6.92 Å². The number of nitro benzene ring substituents is 1. The molecule has 1 heterocycles. The highest BCUT2D eigenvalue weighted by Gasteiger charge is 2.12. The number of nitrogens with two attached hydrogens (primary N) is 1. The van der Waals surface area contributed by atoms with Gasteiger partial charge in [-0.3, -0.25) is 15.1 Å². The van der Waals surface area contributed by atoms with Crippen molar-refractivity contribution in [3.8, 4) is 0 Å². The van der Waals surface area contributed by atoms with Crippen molar-refractivity contribution in [1.82, 2.24) is 4.98 Å². The summed E-state index contributed by atoms with van der Waals surface area (Å²) in [7, 11) is -3.52. The molecule has 0 fully saturated rings. The van der Waals surface area contributed by atoms with Crippen molar-refractivity contribution < 1.29 is 13.3 Å². The fraction of sp³-hybridized carbons (Fsp3) is 0.250. The molecule has 0 aliphatic rings. The number of fused-ring (bicyclic) bond motifs is 1. The lowest BCUT2D eigenvalue weighted by Gasteiger charge is -2.07. The zero-order chi connectivity index (χ0) is 15.6. The summed E-state index contributed by atoms with van der Waals surface area (Å²) in [6.45, 7) is 1.81. The molecule has 0 atom stereocenters. The standard InChI is InChI=1S/C12H13N3O4S2/c1-8-6-12(20-4-5-21(13,18)19)10-7-9(15(16)17)2-3-11(10)14-8/h2-3,6-7H,4-5H2,1H3,(H2,13,18,19). The lowest BCUT2D eigenvalue weighted by atomic mass is 10.2. The van der Waals surface area contributed by atoms with Gasteiger partial charge in [0.2, 0.25) is 10.0 Å². The summed E-state index contributed by atoms with van der Waals surface area (Å²) < 4.78 is 21.9. The minimum absolute atomic E-state index is 0.0264. The molecule has 9 heteroatoms. The lowest BCUT2D eigenvalue weighted by Crippen LogP contribution is -2.17. The van der Waals surface area contributed by atoms with Crippen LogP contribution in [0.3, 0.4) is 0 Å². The van der Waals surface area contributed by atoms with Gasteiger partial charge in [0.25, 0.3) is 5.69 Å². The second kappa shape index (κ2) is 5.96. The van der Waals surface area contributed by atoms with E-state index < -0.39 is 14.9 Å². The van der Waals surface area contributed by atoms with Crippen molar-refractivity contribution in [2.75, 3.05) is 11.5 Å². The Kier molecular flexibility index (Phi) is 4.45. The Bertz CT molecular complexity index is 805. The Morgan fingerprint density at radius 1 is 1.38 bits per heavy atom. The first-order chi connectivity index (χ1) is 9.76. The summed E-state index contributed by atoms with van der Waals surface area (Å²) in [5.74, 6) is 0.121. The van der Waals surface area contributed by atoms with Gasteiger partial charge in [0, 0.05) is 33.9 Å². The number of hydrogen-bond donors (Lipinski definition) is 1. The van der Waals surface area contributed by atoms with Crippen molar-refractivity contribution in [3.63, 3.8) is 0 Å². The molecule has 0 amide bonds. The molecule has 0 aliphatic heterocycles. The molecular weight excluding hydrogens is 314 g/mol. The van der Waals surface area contributed by atoms with E-state index in [0.29, 0.717) is 10.9 Å². The van der Waals surface area contributed by atoms with Crippen LogP contribution in [0.2, 0.25) is 0 Å². The Balaban J connectivity index is 2.40. The highest BCUT2D eigenvalue weighted by Crippen LogP contribution is 2.30. The predicted molar refractivity (Wildman–Crippen MR) is 81.8 cm³/mol. The molecule has 0 saturated heterocycles. The van der Waals surface area contributed by atoms with Crippen molar-refractivity contribution in [2.24, 2.45) is 5.14 Å². The van der Waals surface area contributed by atoms with Crippen LogP contribution in [0.4, 0.5) is 5.69 Å². The second-order valence-corrected chi connectivity index (χ2v) is 7.31. The Hall–Kier alpha value is -1.71. The zero-order valence-electron chi connectivity index (χ0n) is 11.1. The summed E-state index contributed by atoms with van der Waals surface area (Å²) >= 11 is 1.29. The molecule has 2 rings (SSSR count). The van der Waals surface area contributed by atoms with Crippen LogP contribution in [0.1, 0.15) is 5.69 Å². The molecule has 1 aromatic heterocycles. The second-order valence-electron chi connectivity index (χ2n) is 4.44. The van der Waals surface area contributed by atoms with Gasteiger partial charge in [-0.2, -0.15) is 0 Å². The first kappa shape index (κ1) is 15.7. The number of nitrogens with zero attached hydrogens (tertiary/aromatic N) is 2. The molecule has 0 aliphatic carbocycles. The first-order valence-electron chi connectivity index (χ1n) is 5.95. The lowest BCUT2D eigenvalue weighted by molar-refractivity contribution is -0.384. The SMILES string of the molecule is Cc1cc(SCCS(N)(=O)=O)c2cc([N+](=O)[O-])ccc2n1. The highest BCUT2D eigenvalue weighted by atomic mass is 32.2. The molecule has 21 heavy (non-hydrogen) atoms. The zero-order valence-corrected chi connectivity index (χ0v) is 12.8. The summed E-state index contributed by atoms with van der Waals surface area (Å²) in [6.07, 6.45) is 0. The number of nitro groups is 1. The van der Waals surface area contributed by atoms with E-state index in [4.69, 9.17) is 5.14 Å². The average Bonchev–Trinajstić information content (AvgIpc) is 2.36. The van der Waals surface area contributed by atoms with Crippen LogP contribution < -0.4 is 5.14 Å². The maximum atomic E-state index is 11.0. The number of hydrogen-bond acceptors (Lipinski definition) is 6. The van der Waals surface area contributed by atoms with Crippen LogP contribution in [0.25, 0.3) is 10.9 Å². The molecule has 112 valence electrons. The molecule has 7 nitrogen and oxygen atoms in total. The molecule has 0 radical (unpaired) electrons. The Morgan fingerprint density at radius 3 is 2.71 bits per heavy atom. The number of aromatic nitrogens is 1. The van der Waals surface area contributed by atoms with Crippen LogP contribution in [0.15, 0.2) is 29.2 Å². The van der Waals surface area contributed by atoms with E-state index >= 15 is 0 Å². The monoisotopic (exact) mass is 327 g/mol. The molecular formula is C12H13N3O4S2. The van der Waals surface area contributed by atoms with Gasteiger partial charge in [-0.1, -0.05) is 0 Å². The van der Waals surface area contributed by atoms with Gasteiger partial charge < -0.3 is 0 Å². The molecule has 2 aromatic rings. The smallest absolute Gasteiger partial charge is 0.258 e.